The molecule has 0 aliphatic carbocycles. The number of piperidine rings is 1. The van der Waals surface area contributed by atoms with E-state index in [-0.39, 0.29) is 5.56 Å². The molecule has 2 heterocycles. The third-order valence-corrected chi connectivity index (χ3v) is 3.94. The Bertz CT molecular complexity index is 454. The van der Waals surface area contributed by atoms with E-state index in [1.54, 1.807) is 12.3 Å². The zero-order chi connectivity index (χ0) is 13.3. The van der Waals surface area contributed by atoms with Crippen LogP contribution in [0.4, 0.5) is 5.82 Å². The van der Waals surface area contributed by atoms with Crippen LogP contribution in [0.2, 0.25) is 0 Å². The lowest BCUT2D eigenvalue weighted by Gasteiger charge is -2.40. The number of rotatable bonds is 2. The Hall–Kier alpha value is -1.10. The van der Waals surface area contributed by atoms with Crippen LogP contribution in [-0.2, 0) is 0 Å². The Morgan fingerprint density at radius 1 is 1.44 bits per heavy atom. The molecule has 0 bridgehead atoms. The van der Waals surface area contributed by atoms with E-state index in [1.807, 2.05) is 0 Å². The van der Waals surface area contributed by atoms with Gasteiger partial charge < -0.3 is 10.0 Å². The van der Waals surface area contributed by atoms with Crippen LogP contribution in [0, 0.1) is 0 Å². The predicted octanol–water partition coefficient (Wildman–Crippen LogP) is 3.31. The quantitative estimate of drug-likeness (QED) is 0.910. The minimum absolute atomic E-state index is 0.268. The van der Waals surface area contributed by atoms with E-state index in [1.165, 1.54) is 6.42 Å². The monoisotopic (exact) mass is 312 g/mol. The standard InChI is InChI=1S/C13H17BrN2O2/c1-8-4-3-5-9(2)16(8)12-11(13(17)18)6-10(14)7-15-12/h6-9H,3-5H2,1-2H3,(H,17,18). The third-order valence-electron chi connectivity index (χ3n) is 3.50. The Kier molecular flexibility index (Phi) is 3.90. The van der Waals surface area contributed by atoms with Gasteiger partial charge in [0, 0.05) is 22.8 Å². The highest BCUT2D eigenvalue weighted by atomic mass is 79.9. The highest BCUT2D eigenvalue weighted by molar-refractivity contribution is 9.10. The van der Waals surface area contributed by atoms with Crippen molar-refractivity contribution in [3.63, 3.8) is 0 Å². The molecule has 1 aromatic heterocycles. The van der Waals surface area contributed by atoms with E-state index in [0.717, 1.165) is 12.8 Å². The summed E-state index contributed by atoms with van der Waals surface area (Å²) in [6, 6.07) is 2.29. The number of aromatic carboxylic acids is 1. The third kappa shape index (κ3) is 2.51. The number of halogens is 1. The van der Waals surface area contributed by atoms with Crippen molar-refractivity contribution >= 4 is 27.7 Å². The molecular formula is C13H17BrN2O2. The summed E-state index contributed by atoms with van der Waals surface area (Å²) in [4.78, 5) is 17.8. The van der Waals surface area contributed by atoms with E-state index in [9.17, 15) is 9.90 Å². The fraction of sp³-hybridized carbons (Fsp3) is 0.538. The van der Waals surface area contributed by atoms with Gasteiger partial charge in [0.15, 0.2) is 0 Å². The molecule has 0 spiro atoms. The number of carboxylic acid groups (broad SMARTS) is 1. The highest BCUT2D eigenvalue weighted by Crippen LogP contribution is 2.31. The molecular weight excluding hydrogens is 296 g/mol. The van der Waals surface area contributed by atoms with Gasteiger partial charge in [0.05, 0.1) is 0 Å². The number of hydrogen-bond donors (Lipinski definition) is 1. The van der Waals surface area contributed by atoms with Gasteiger partial charge in [0.1, 0.15) is 11.4 Å². The Morgan fingerprint density at radius 2 is 2.06 bits per heavy atom. The minimum atomic E-state index is -0.927. The van der Waals surface area contributed by atoms with Crippen molar-refractivity contribution in [3.8, 4) is 0 Å². The van der Waals surface area contributed by atoms with Crippen LogP contribution in [-0.4, -0.2) is 28.1 Å². The number of carboxylic acids is 1. The summed E-state index contributed by atoms with van der Waals surface area (Å²) in [5.41, 5.74) is 0.268. The number of carbonyl (C=O) groups is 1. The summed E-state index contributed by atoms with van der Waals surface area (Å²) in [6.45, 7) is 4.26. The van der Waals surface area contributed by atoms with Crippen molar-refractivity contribution < 1.29 is 9.90 Å². The lowest BCUT2D eigenvalue weighted by atomic mass is 9.97. The van der Waals surface area contributed by atoms with Crippen molar-refractivity contribution in [1.29, 1.82) is 0 Å². The van der Waals surface area contributed by atoms with Gasteiger partial charge in [-0.1, -0.05) is 0 Å². The van der Waals surface area contributed by atoms with Crippen LogP contribution < -0.4 is 4.90 Å². The Balaban J connectivity index is 2.45. The number of aromatic nitrogens is 1. The average Bonchev–Trinajstić information content (AvgIpc) is 2.30. The maximum atomic E-state index is 11.3. The molecule has 0 amide bonds. The number of hydrogen-bond acceptors (Lipinski definition) is 3. The summed E-state index contributed by atoms with van der Waals surface area (Å²) in [6.07, 6.45) is 5.02. The largest absolute Gasteiger partial charge is 0.478 e. The fourth-order valence-electron chi connectivity index (χ4n) is 2.63. The minimum Gasteiger partial charge on any atom is -0.478 e. The molecule has 98 valence electrons. The van der Waals surface area contributed by atoms with Crippen LogP contribution in [0.15, 0.2) is 16.7 Å². The van der Waals surface area contributed by atoms with Gasteiger partial charge >= 0.3 is 5.97 Å². The molecule has 1 N–H and O–H groups in total. The van der Waals surface area contributed by atoms with Crippen LogP contribution in [0.25, 0.3) is 0 Å². The molecule has 1 fully saturated rings. The second-order valence-electron chi connectivity index (χ2n) is 4.87. The van der Waals surface area contributed by atoms with Crippen LogP contribution in [0.1, 0.15) is 43.5 Å². The lowest BCUT2D eigenvalue weighted by Crippen LogP contribution is -2.45. The van der Waals surface area contributed by atoms with Crippen molar-refractivity contribution in [2.24, 2.45) is 0 Å². The van der Waals surface area contributed by atoms with Crippen LogP contribution in [0.3, 0.4) is 0 Å². The maximum absolute atomic E-state index is 11.3. The lowest BCUT2D eigenvalue weighted by molar-refractivity contribution is 0.0696. The van der Waals surface area contributed by atoms with Gasteiger partial charge in [0.25, 0.3) is 0 Å². The first-order chi connectivity index (χ1) is 8.50. The molecule has 0 saturated carbocycles. The first-order valence-corrected chi connectivity index (χ1v) is 6.97. The van der Waals surface area contributed by atoms with Crippen molar-refractivity contribution in [2.45, 2.75) is 45.2 Å². The molecule has 2 rings (SSSR count). The first-order valence-electron chi connectivity index (χ1n) is 6.18. The van der Waals surface area contributed by atoms with E-state index in [2.05, 4.69) is 39.7 Å². The average molecular weight is 313 g/mol. The summed E-state index contributed by atoms with van der Waals surface area (Å²) in [5, 5.41) is 9.31. The fourth-order valence-corrected chi connectivity index (χ4v) is 2.97. The number of nitrogens with zero attached hydrogens (tertiary/aromatic N) is 2. The smallest absolute Gasteiger partial charge is 0.339 e. The number of anilines is 1. The van der Waals surface area contributed by atoms with Gasteiger partial charge in [-0.3, -0.25) is 0 Å². The van der Waals surface area contributed by atoms with Gasteiger partial charge in [-0.15, -0.1) is 0 Å². The van der Waals surface area contributed by atoms with Crippen molar-refractivity contribution in [1.82, 2.24) is 4.98 Å². The molecule has 0 radical (unpaired) electrons. The molecule has 4 nitrogen and oxygen atoms in total. The molecule has 1 aliphatic heterocycles. The molecule has 1 aromatic rings. The summed E-state index contributed by atoms with van der Waals surface area (Å²) < 4.78 is 0.695. The van der Waals surface area contributed by atoms with E-state index in [0.29, 0.717) is 22.4 Å². The normalized spacial score (nSPS) is 24.1. The maximum Gasteiger partial charge on any atom is 0.339 e. The topological polar surface area (TPSA) is 53.4 Å². The molecule has 2 atom stereocenters. The van der Waals surface area contributed by atoms with Crippen LogP contribution >= 0.6 is 15.9 Å². The first kappa shape index (κ1) is 13.3. The molecule has 5 heteroatoms. The van der Waals surface area contributed by atoms with Gasteiger partial charge in [-0.05, 0) is 55.1 Å². The van der Waals surface area contributed by atoms with E-state index < -0.39 is 5.97 Å². The second-order valence-corrected chi connectivity index (χ2v) is 5.78. The summed E-state index contributed by atoms with van der Waals surface area (Å²) >= 11 is 3.27. The zero-order valence-electron chi connectivity index (χ0n) is 10.6. The van der Waals surface area contributed by atoms with Crippen LogP contribution in [0.5, 0.6) is 0 Å². The summed E-state index contributed by atoms with van der Waals surface area (Å²) in [5.74, 6) is -0.339. The highest BCUT2D eigenvalue weighted by Gasteiger charge is 2.29. The zero-order valence-corrected chi connectivity index (χ0v) is 12.1. The summed E-state index contributed by atoms with van der Waals surface area (Å²) in [7, 11) is 0. The molecule has 0 aromatic carbocycles. The Labute approximate surface area is 115 Å². The molecule has 18 heavy (non-hydrogen) atoms. The molecule has 1 saturated heterocycles. The molecule has 2 unspecified atom stereocenters. The van der Waals surface area contributed by atoms with Crippen molar-refractivity contribution in [2.75, 3.05) is 4.90 Å². The number of pyridine rings is 1. The van der Waals surface area contributed by atoms with Gasteiger partial charge in [-0.25, -0.2) is 9.78 Å². The van der Waals surface area contributed by atoms with E-state index >= 15 is 0 Å². The molecule has 1 aliphatic rings. The second kappa shape index (κ2) is 5.26. The van der Waals surface area contributed by atoms with Gasteiger partial charge in [0.2, 0.25) is 0 Å². The SMILES string of the molecule is CC1CCCC(C)N1c1ncc(Br)cc1C(=O)O. The van der Waals surface area contributed by atoms with Crippen molar-refractivity contribution in [3.05, 3.63) is 22.3 Å². The Morgan fingerprint density at radius 3 is 2.61 bits per heavy atom. The van der Waals surface area contributed by atoms with E-state index in [4.69, 9.17) is 0 Å². The van der Waals surface area contributed by atoms with Gasteiger partial charge in [-0.2, -0.15) is 0 Å². The predicted molar refractivity (Wildman–Crippen MR) is 74.2 cm³/mol.